The molecule has 0 fully saturated rings. The molecule has 0 amide bonds. The van der Waals surface area contributed by atoms with Crippen molar-refractivity contribution in [3.8, 4) is 0 Å². The maximum atomic E-state index is 5.54. The highest BCUT2D eigenvalue weighted by atomic mass is 15.6. The Morgan fingerprint density at radius 3 is 1.73 bits per heavy atom. The summed E-state index contributed by atoms with van der Waals surface area (Å²) in [5, 5.41) is 2.43. The minimum Gasteiger partial charge on any atom is -0.261 e. The first-order valence-electron chi connectivity index (χ1n) is 4.86. The summed E-state index contributed by atoms with van der Waals surface area (Å²) in [6, 6.07) is 16.4. The van der Waals surface area contributed by atoms with E-state index in [-0.39, 0.29) is 0 Å². The summed E-state index contributed by atoms with van der Waals surface area (Å²) >= 11 is 0. The highest BCUT2D eigenvalue weighted by Gasteiger charge is 2.07. The summed E-state index contributed by atoms with van der Waals surface area (Å²) in [5.74, 6) is 5.54. The third-order valence-electron chi connectivity index (χ3n) is 2.71. The third-order valence-corrected chi connectivity index (χ3v) is 2.71. The van der Waals surface area contributed by atoms with Crippen LogP contribution < -0.4 is 11.4 Å². The number of para-hydroxylation sites is 2. The number of nitrogens with two attached hydrogens (primary N) is 1. The lowest BCUT2D eigenvalue weighted by atomic mass is 10.2. The SMILES string of the molecule is NNn1c2ccccc2c2ccccc21. The van der Waals surface area contributed by atoms with Gasteiger partial charge in [0.2, 0.25) is 0 Å². The van der Waals surface area contributed by atoms with Gasteiger partial charge in [0.1, 0.15) is 0 Å². The van der Waals surface area contributed by atoms with Crippen LogP contribution in [-0.4, -0.2) is 4.68 Å². The van der Waals surface area contributed by atoms with E-state index in [2.05, 4.69) is 29.8 Å². The number of benzene rings is 2. The van der Waals surface area contributed by atoms with Crippen LogP contribution in [0.3, 0.4) is 0 Å². The predicted octanol–water partition coefficient (Wildman–Crippen LogP) is 2.21. The van der Waals surface area contributed by atoms with Crippen molar-refractivity contribution < 1.29 is 0 Å². The summed E-state index contributed by atoms with van der Waals surface area (Å²) in [7, 11) is 0. The Balaban J connectivity index is 2.62. The molecule has 0 aliphatic heterocycles. The fourth-order valence-electron chi connectivity index (χ4n) is 2.06. The van der Waals surface area contributed by atoms with Gasteiger partial charge in [-0.15, -0.1) is 0 Å². The van der Waals surface area contributed by atoms with Crippen molar-refractivity contribution >= 4 is 21.8 Å². The first-order chi connectivity index (χ1) is 7.42. The van der Waals surface area contributed by atoms with Gasteiger partial charge in [-0.2, -0.15) is 0 Å². The quantitative estimate of drug-likeness (QED) is 0.464. The summed E-state index contributed by atoms with van der Waals surface area (Å²) < 4.78 is 1.89. The second-order valence-corrected chi connectivity index (χ2v) is 3.50. The van der Waals surface area contributed by atoms with E-state index in [9.17, 15) is 0 Å². The van der Waals surface area contributed by atoms with Gasteiger partial charge < -0.3 is 0 Å². The Bertz CT molecular complexity index is 572. The standard InChI is InChI=1S/C12H11N3/c13-14-15-11-7-3-1-5-9(11)10-6-2-4-8-12(10)15/h1-8,14H,13H2. The summed E-state index contributed by atoms with van der Waals surface area (Å²) in [6.45, 7) is 0. The second kappa shape index (κ2) is 3.00. The highest BCUT2D eigenvalue weighted by Crippen LogP contribution is 2.26. The molecule has 0 bridgehead atoms. The van der Waals surface area contributed by atoms with Crippen molar-refractivity contribution in [3.63, 3.8) is 0 Å². The van der Waals surface area contributed by atoms with E-state index in [1.807, 2.05) is 28.9 Å². The molecule has 74 valence electrons. The number of aromatic nitrogens is 1. The van der Waals surface area contributed by atoms with Crippen LogP contribution in [0, 0.1) is 0 Å². The molecule has 15 heavy (non-hydrogen) atoms. The molecule has 3 heteroatoms. The molecule has 0 atom stereocenters. The maximum Gasteiger partial charge on any atom is 0.0720 e. The van der Waals surface area contributed by atoms with E-state index in [0.717, 1.165) is 11.0 Å². The Hall–Kier alpha value is -2.00. The second-order valence-electron chi connectivity index (χ2n) is 3.50. The van der Waals surface area contributed by atoms with Crippen molar-refractivity contribution in [1.82, 2.24) is 4.68 Å². The molecule has 0 aliphatic carbocycles. The zero-order valence-electron chi connectivity index (χ0n) is 8.14. The molecule has 0 aliphatic rings. The average Bonchev–Trinajstić information content (AvgIpc) is 2.63. The highest BCUT2D eigenvalue weighted by molar-refractivity contribution is 6.08. The largest absolute Gasteiger partial charge is 0.261 e. The number of nitrogens with zero attached hydrogens (tertiary/aromatic N) is 1. The monoisotopic (exact) mass is 197 g/mol. The van der Waals surface area contributed by atoms with Crippen LogP contribution in [0.1, 0.15) is 0 Å². The van der Waals surface area contributed by atoms with Crippen molar-refractivity contribution in [2.75, 3.05) is 5.53 Å². The Kier molecular flexibility index (Phi) is 1.66. The minimum atomic E-state index is 1.10. The predicted molar refractivity (Wildman–Crippen MR) is 63.0 cm³/mol. The molecule has 0 radical (unpaired) electrons. The maximum absolute atomic E-state index is 5.54. The molecule has 2 aromatic carbocycles. The molecule has 3 nitrogen and oxygen atoms in total. The fraction of sp³-hybridized carbons (Fsp3) is 0. The molecule has 1 aromatic heterocycles. The van der Waals surface area contributed by atoms with Gasteiger partial charge in [-0.25, -0.2) is 10.5 Å². The number of nitrogens with one attached hydrogen (secondary N) is 1. The van der Waals surface area contributed by atoms with Gasteiger partial charge in [0.15, 0.2) is 0 Å². The zero-order valence-corrected chi connectivity index (χ0v) is 8.14. The van der Waals surface area contributed by atoms with Crippen LogP contribution >= 0.6 is 0 Å². The lowest BCUT2D eigenvalue weighted by molar-refractivity contribution is 0.958. The number of rotatable bonds is 1. The van der Waals surface area contributed by atoms with Crippen molar-refractivity contribution in [3.05, 3.63) is 48.5 Å². The van der Waals surface area contributed by atoms with E-state index in [0.29, 0.717) is 0 Å². The molecular weight excluding hydrogens is 186 g/mol. The van der Waals surface area contributed by atoms with Gasteiger partial charge in [0, 0.05) is 10.8 Å². The van der Waals surface area contributed by atoms with Gasteiger partial charge >= 0.3 is 0 Å². The topological polar surface area (TPSA) is 43.0 Å². The van der Waals surface area contributed by atoms with Crippen molar-refractivity contribution in [2.24, 2.45) is 5.84 Å². The summed E-state index contributed by atoms with van der Waals surface area (Å²) in [6.07, 6.45) is 0. The molecule has 0 saturated carbocycles. The zero-order chi connectivity index (χ0) is 10.3. The number of hydrazine groups is 1. The van der Waals surface area contributed by atoms with E-state index < -0.39 is 0 Å². The van der Waals surface area contributed by atoms with E-state index >= 15 is 0 Å². The number of nitrogen functional groups attached to an aromatic ring is 1. The Morgan fingerprint density at radius 2 is 1.27 bits per heavy atom. The number of hydrogen-bond acceptors (Lipinski definition) is 2. The average molecular weight is 197 g/mol. The third kappa shape index (κ3) is 1.04. The molecule has 0 unspecified atom stereocenters. The van der Waals surface area contributed by atoms with Crippen LogP contribution in [-0.2, 0) is 0 Å². The lowest BCUT2D eigenvalue weighted by Gasteiger charge is -2.03. The summed E-state index contributed by atoms with van der Waals surface area (Å²) in [5.41, 5.74) is 4.91. The molecule has 3 aromatic rings. The van der Waals surface area contributed by atoms with Crippen molar-refractivity contribution in [1.29, 1.82) is 0 Å². The van der Waals surface area contributed by atoms with Crippen LogP contribution in [0.15, 0.2) is 48.5 Å². The first-order valence-corrected chi connectivity index (χ1v) is 4.86. The van der Waals surface area contributed by atoms with Gasteiger partial charge in [-0.1, -0.05) is 36.4 Å². The Morgan fingerprint density at radius 1 is 0.800 bits per heavy atom. The van der Waals surface area contributed by atoms with Crippen molar-refractivity contribution in [2.45, 2.75) is 0 Å². The summed E-state index contributed by atoms with van der Waals surface area (Å²) in [4.78, 5) is 0. The van der Waals surface area contributed by atoms with Gasteiger partial charge in [0.25, 0.3) is 0 Å². The fourth-order valence-corrected chi connectivity index (χ4v) is 2.06. The Labute approximate surface area is 87.0 Å². The van der Waals surface area contributed by atoms with Gasteiger partial charge in [-0.3, -0.25) is 5.53 Å². The lowest BCUT2D eigenvalue weighted by Crippen LogP contribution is -2.20. The number of hydrogen-bond donors (Lipinski definition) is 2. The van der Waals surface area contributed by atoms with Gasteiger partial charge in [0.05, 0.1) is 11.0 Å². The van der Waals surface area contributed by atoms with Crippen LogP contribution in [0.2, 0.25) is 0 Å². The molecule has 0 saturated heterocycles. The van der Waals surface area contributed by atoms with E-state index in [1.54, 1.807) is 0 Å². The minimum absolute atomic E-state index is 1.10. The molecule has 3 N–H and O–H groups in total. The first kappa shape index (κ1) is 8.32. The number of fused-ring (bicyclic) bond motifs is 3. The molecule has 3 rings (SSSR count). The van der Waals surface area contributed by atoms with Crippen LogP contribution in [0.25, 0.3) is 21.8 Å². The van der Waals surface area contributed by atoms with E-state index in [1.165, 1.54) is 10.8 Å². The van der Waals surface area contributed by atoms with Crippen LogP contribution in [0.5, 0.6) is 0 Å². The molecule has 0 spiro atoms. The van der Waals surface area contributed by atoms with Gasteiger partial charge in [-0.05, 0) is 12.1 Å². The normalized spacial score (nSPS) is 11.0. The molecular formula is C12H11N3. The smallest absolute Gasteiger partial charge is 0.0720 e. The van der Waals surface area contributed by atoms with Crippen LogP contribution in [0.4, 0.5) is 0 Å². The van der Waals surface area contributed by atoms with E-state index in [4.69, 9.17) is 5.84 Å². The molecule has 1 heterocycles.